The van der Waals surface area contributed by atoms with Crippen molar-refractivity contribution in [1.29, 1.82) is 0 Å². The fourth-order valence-electron chi connectivity index (χ4n) is 3.45. The van der Waals surface area contributed by atoms with Crippen molar-refractivity contribution in [3.05, 3.63) is 47.5 Å². The van der Waals surface area contributed by atoms with E-state index in [1.165, 1.54) is 44.9 Å². The van der Waals surface area contributed by atoms with Gasteiger partial charge in [-0.1, -0.05) is 95.0 Å². The van der Waals surface area contributed by atoms with Crippen LogP contribution in [0.5, 0.6) is 23.0 Å². The number of hydrogen-bond acceptors (Lipinski definition) is 5. The van der Waals surface area contributed by atoms with Crippen LogP contribution in [0.15, 0.2) is 36.4 Å². The molecule has 0 saturated carbocycles. The fourth-order valence-corrected chi connectivity index (χ4v) is 3.45. The fraction of sp³-hybridized carbons (Fsp3) is 0.480. The molecule has 30 heavy (non-hydrogen) atoms. The lowest BCUT2D eigenvalue weighted by Gasteiger charge is -2.13. The number of ketones is 1. The molecule has 2 aromatic rings. The SMILES string of the molecule is CCCCCCCCCCCCOc1c(O)cc(C(=O)c2ccccc2)c(O)c1O. The van der Waals surface area contributed by atoms with Gasteiger partial charge in [0.1, 0.15) is 0 Å². The van der Waals surface area contributed by atoms with E-state index in [1.54, 1.807) is 30.3 Å². The van der Waals surface area contributed by atoms with E-state index < -0.39 is 17.3 Å². The van der Waals surface area contributed by atoms with Gasteiger partial charge < -0.3 is 20.1 Å². The molecule has 164 valence electrons. The lowest BCUT2D eigenvalue weighted by atomic mass is 10.0. The van der Waals surface area contributed by atoms with Crippen LogP contribution in [0.1, 0.15) is 87.1 Å². The Morgan fingerprint density at radius 3 is 1.97 bits per heavy atom. The number of benzene rings is 2. The molecule has 2 rings (SSSR count). The number of phenolic OH excluding ortho intramolecular Hbond substituents is 3. The van der Waals surface area contributed by atoms with Crippen molar-refractivity contribution in [1.82, 2.24) is 0 Å². The molecule has 5 heteroatoms. The van der Waals surface area contributed by atoms with Crippen LogP contribution in [0.2, 0.25) is 0 Å². The second-order valence-electron chi connectivity index (χ2n) is 7.70. The highest BCUT2D eigenvalue weighted by molar-refractivity contribution is 6.11. The van der Waals surface area contributed by atoms with Gasteiger partial charge in [-0.25, -0.2) is 0 Å². The average molecular weight is 415 g/mol. The van der Waals surface area contributed by atoms with Gasteiger partial charge in [0.25, 0.3) is 0 Å². The van der Waals surface area contributed by atoms with E-state index in [0.29, 0.717) is 12.2 Å². The highest BCUT2D eigenvalue weighted by Crippen LogP contribution is 2.45. The van der Waals surface area contributed by atoms with Crippen molar-refractivity contribution in [2.24, 2.45) is 0 Å². The molecule has 5 nitrogen and oxygen atoms in total. The molecular weight excluding hydrogens is 380 g/mol. The van der Waals surface area contributed by atoms with Gasteiger partial charge in [-0.15, -0.1) is 0 Å². The standard InChI is InChI=1S/C25H34O5/c1-2-3-4-5-6-7-8-9-10-14-17-30-25-21(26)18-20(23(28)24(25)29)22(27)19-15-12-11-13-16-19/h11-13,15-16,18,26,28-29H,2-10,14,17H2,1H3. The van der Waals surface area contributed by atoms with Crippen LogP contribution in [0.3, 0.4) is 0 Å². The van der Waals surface area contributed by atoms with Crippen molar-refractivity contribution >= 4 is 5.78 Å². The van der Waals surface area contributed by atoms with Gasteiger partial charge in [-0.05, 0) is 12.5 Å². The molecule has 3 N–H and O–H groups in total. The Balaban J connectivity index is 1.79. The normalized spacial score (nSPS) is 10.8. The Kier molecular flexibility index (Phi) is 10.1. The van der Waals surface area contributed by atoms with Gasteiger partial charge in [-0.3, -0.25) is 4.79 Å². The zero-order valence-electron chi connectivity index (χ0n) is 17.9. The first kappa shape index (κ1) is 23.6. The van der Waals surface area contributed by atoms with E-state index in [1.807, 2.05) is 0 Å². The first-order valence-corrected chi connectivity index (χ1v) is 11.1. The number of hydrogen-bond donors (Lipinski definition) is 3. The molecule has 0 aromatic heterocycles. The third-order valence-corrected chi connectivity index (χ3v) is 5.23. The predicted molar refractivity (Wildman–Crippen MR) is 119 cm³/mol. The maximum Gasteiger partial charge on any atom is 0.207 e. The van der Waals surface area contributed by atoms with E-state index in [4.69, 9.17) is 4.74 Å². The van der Waals surface area contributed by atoms with Crippen molar-refractivity contribution in [2.45, 2.75) is 71.1 Å². The highest BCUT2D eigenvalue weighted by Gasteiger charge is 2.23. The first-order chi connectivity index (χ1) is 14.6. The Morgan fingerprint density at radius 1 is 0.800 bits per heavy atom. The molecule has 0 spiro atoms. The summed E-state index contributed by atoms with van der Waals surface area (Å²) < 4.78 is 5.49. The smallest absolute Gasteiger partial charge is 0.207 e. The summed E-state index contributed by atoms with van der Waals surface area (Å²) in [6.07, 6.45) is 11.9. The maximum atomic E-state index is 12.5. The quantitative estimate of drug-likeness (QED) is 0.145. The molecule has 0 aliphatic rings. The second kappa shape index (κ2) is 12.8. The molecule has 0 fully saturated rings. The Morgan fingerprint density at radius 2 is 1.37 bits per heavy atom. The topological polar surface area (TPSA) is 87.0 Å². The monoisotopic (exact) mass is 414 g/mol. The lowest BCUT2D eigenvalue weighted by molar-refractivity contribution is 0.103. The predicted octanol–water partition coefficient (Wildman–Crippen LogP) is 6.33. The summed E-state index contributed by atoms with van der Waals surface area (Å²) in [5.74, 6) is -2.23. The summed E-state index contributed by atoms with van der Waals surface area (Å²) in [6, 6.07) is 9.52. The van der Waals surface area contributed by atoms with Gasteiger partial charge in [0.05, 0.1) is 12.2 Å². The molecule has 0 aliphatic heterocycles. The van der Waals surface area contributed by atoms with Gasteiger partial charge in [0.2, 0.25) is 11.5 Å². The third kappa shape index (κ3) is 6.97. The molecule has 0 aliphatic carbocycles. The van der Waals surface area contributed by atoms with Crippen LogP contribution >= 0.6 is 0 Å². The van der Waals surface area contributed by atoms with Gasteiger partial charge in [0, 0.05) is 5.56 Å². The molecule has 0 heterocycles. The van der Waals surface area contributed by atoms with Crippen molar-refractivity contribution in [2.75, 3.05) is 6.61 Å². The molecule has 0 atom stereocenters. The number of aromatic hydroxyl groups is 3. The molecule has 0 radical (unpaired) electrons. The first-order valence-electron chi connectivity index (χ1n) is 11.1. The number of unbranched alkanes of at least 4 members (excludes halogenated alkanes) is 9. The van der Waals surface area contributed by atoms with E-state index in [-0.39, 0.29) is 17.1 Å². The van der Waals surface area contributed by atoms with E-state index in [0.717, 1.165) is 25.3 Å². The average Bonchev–Trinajstić information content (AvgIpc) is 2.76. The Bertz CT molecular complexity index is 786. The van der Waals surface area contributed by atoms with E-state index in [2.05, 4.69) is 6.92 Å². The maximum absolute atomic E-state index is 12.5. The molecule has 0 saturated heterocycles. The molecule has 2 aromatic carbocycles. The van der Waals surface area contributed by atoms with Crippen LogP contribution < -0.4 is 4.74 Å². The van der Waals surface area contributed by atoms with Crippen molar-refractivity contribution < 1.29 is 24.9 Å². The van der Waals surface area contributed by atoms with Gasteiger partial charge in [0.15, 0.2) is 17.3 Å². The van der Waals surface area contributed by atoms with Crippen molar-refractivity contribution in [3.63, 3.8) is 0 Å². The summed E-state index contributed by atoms with van der Waals surface area (Å²) in [6.45, 7) is 2.55. The number of rotatable bonds is 14. The zero-order chi connectivity index (χ0) is 21.8. The highest BCUT2D eigenvalue weighted by atomic mass is 16.5. The molecule has 0 amide bonds. The number of phenols is 3. The summed E-state index contributed by atoms with van der Waals surface area (Å²) in [5.41, 5.74) is 0.188. The minimum Gasteiger partial charge on any atom is -0.504 e. The van der Waals surface area contributed by atoms with Crippen LogP contribution in [-0.2, 0) is 0 Å². The van der Waals surface area contributed by atoms with Gasteiger partial charge >= 0.3 is 0 Å². The number of ether oxygens (including phenoxy) is 1. The lowest BCUT2D eigenvalue weighted by Crippen LogP contribution is -2.03. The van der Waals surface area contributed by atoms with Crippen LogP contribution in [0.25, 0.3) is 0 Å². The number of carbonyl (C=O) groups excluding carboxylic acids is 1. The summed E-state index contributed by atoms with van der Waals surface area (Å²) >= 11 is 0. The summed E-state index contributed by atoms with van der Waals surface area (Å²) in [4.78, 5) is 12.5. The Hall–Kier alpha value is -2.69. The minimum atomic E-state index is -0.610. The third-order valence-electron chi connectivity index (χ3n) is 5.23. The molecule has 0 bridgehead atoms. The summed E-state index contributed by atoms with van der Waals surface area (Å²) in [5, 5.41) is 30.7. The largest absolute Gasteiger partial charge is 0.504 e. The zero-order valence-corrected chi connectivity index (χ0v) is 17.9. The van der Waals surface area contributed by atoms with Crippen LogP contribution in [-0.4, -0.2) is 27.7 Å². The van der Waals surface area contributed by atoms with E-state index in [9.17, 15) is 20.1 Å². The minimum absolute atomic E-state index is 0.164. The number of carbonyl (C=O) groups is 1. The van der Waals surface area contributed by atoms with Crippen LogP contribution in [0, 0.1) is 0 Å². The van der Waals surface area contributed by atoms with Crippen molar-refractivity contribution in [3.8, 4) is 23.0 Å². The Labute approximate surface area is 179 Å². The second-order valence-corrected chi connectivity index (χ2v) is 7.70. The molecular formula is C25H34O5. The van der Waals surface area contributed by atoms with Gasteiger partial charge in [-0.2, -0.15) is 0 Å². The summed E-state index contributed by atoms with van der Waals surface area (Å²) in [7, 11) is 0. The van der Waals surface area contributed by atoms with Crippen LogP contribution in [0.4, 0.5) is 0 Å². The van der Waals surface area contributed by atoms with E-state index >= 15 is 0 Å². The molecule has 0 unspecified atom stereocenters.